The third-order valence-corrected chi connectivity index (χ3v) is 3.66. The number of aryl methyl sites for hydroxylation is 1. The van der Waals surface area contributed by atoms with Crippen LogP contribution >= 0.6 is 0 Å². The van der Waals surface area contributed by atoms with E-state index in [1.54, 1.807) is 18.2 Å². The van der Waals surface area contributed by atoms with E-state index in [1.165, 1.54) is 6.07 Å². The summed E-state index contributed by atoms with van der Waals surface area (Å²) in [5.74, 6) is 0.341. The van der Waals surface area contributed by atoms with Crippen LogP contribution in [-0.2, 0) is 11.2 Å². The highest BCUT2D eigenvalue weighted by atomic mass is 19.1. The average molecular weight is 264 g/mol. The van der Waals surface area contributed by atoms with Gasteiger partial charge in [0, 0.05) is 19.5 Å². The summed E-state index contributed by atoms with van der Waals surface area (Å²) in [4.78, 5) is 14.0. The van der Waals surface area contributed by atoms with Crippen LogP contribution in [0.2, 0.25) is 0 Å². The van der Waals surface area contributed by atoms with E-state index in [0.29, 0.717) is 24.3 Å². The minimum Gasteiger partial charge on any atom is -0.356 e. The number of nitrogens with one attached hydrogen (secondary N) is 1. The first kappa shape index (κ1) is 14.0. The molecule has 1 aromatic rings. The molecule has 1 saturated heterocycles. The number of halogens is 1. The minimum atomic E-state index is -0.229. The summed E-state index contributed by atoms with van der Waals surface area (Å²) in [6, 6.07) is 6.62. The molecule has 1 unspecified atom stereocenters. The summed E-state index contributed by atoms with van der Waals surface area (Å²) < 4.78 is 13.4. The van der Waals surface area contributed by atoms with Gasteiger partial charge in [0.2, 0.25) is 5.91 Å². The van der Waals surface area contributed by atoms with Crippen molar-refractivity contribution in [1.82, 2.24) is 10.2 Å². The van der Waals surface area contributed by atoms with Crippen LogP contribution in [0.1, 0.15) is 18.4 Å². The molecule has 1 amide bonds. The van der Waals surface area contributed by atoms with Gasteiger partial charge in [-0.3, -0.25) is 4.79 Å². The fourth-order valence-corrected chi connectivity index (χ4v) is 2.49. The van der Waals surface area contributed by atoms with Crippen molar-refractivity contribution in [1.29, 1.82) is 0 Å². The molecule has 1 aromatic carbocycles. The lowest BCUT2D eigenvalue weighted by molar-refractivity contribution is -0.121. The molecule has 0 aromatic heterocycles. The Hall–Kier alpha value is -1.42. The van der Waals surface area contributed by atoms with Gasteiger partial charge in [0.1, 0.15) is 5.82 Å². The van der Waals surface area contributed by atoms with E-state index in [0.717, 1.165) is 26.1 Å². The Labute approximate surface area is 113 Å². The molecule has 1 aliphatic heterocycles. The Morgan fingerprint density at radius 2 is 2.26 bits per heavy atom. The van der Waals surface area contributed by atoms with Gasteiger partial charge in [-0.05, 0) is 44.0 Å². The zero-order chi connectivity index (χ0) is 13.7. The first-order valence-electron chi connectivity index (χ1n) is 6.84. The monoisotopic (exact) mass is 264 g/mol. The van der Waals surface area contributed by atoms with Crippen molar-refractivity contribution >= 4 is 5.91 Å². The number of nitrogens with zero attached hydrogens (tertiary/aromatic N) is 1. The highest BCUT2D eigenvalue weighted by molar-refractivity contribution is 5.76. The van der Waals surface area contributed by atoms with Gasteiger partial charge in [-0.25, -0.2) is 4.39 Å². The number of carbonyl (C=O) groups is 1. The van der Waals surface area contributed by atoms with Gasteiger partial charge >= 0.3 is 0 Å². The lowest BCUT2D eigenvalue weighted by Crippen LogP contribution is -2.30. The molecule has 1 aliphatic rings. The predicted octanol–water partition coefficient (Wildman–Crippen LogP) is 1.83. The molecule has 0 bridgehead atoms. The highest BCUT2D eigenvalue weighted by Crippen LogP contribution is 2.13. The summed E-state index contributed by atoms with van der Waals surface area (Å²) >= 11 is 0. The van der Waals surface area contributed by atoms with Gasteiger partial charge in [0.25, 0.3) is 0 Å². The summed E-state index contributed by atoms with van der Waals surface area (Å²) in [5.41, 5.74) is 0.609. The van der Waals surface area contributed by atoms with E-state index >= 15 is 0 Å². The van der Waals surface area contributed by atoms with Crippen molar-refractivity contribution in [3.8, 4) is 0 Å². The maximum atomic E-state index is 13.4. The van der Waals surface area contributed by atoms with Crippen molar-refractivity contribution in [3.05, 3.63) is 35.6 Å². The molecule has 104 valence electrons. The molecule has 1 heterocycles. The summed E-state index contributed by atoms with van der Waals surface area (Å²) in [6.45, 7) is 2.89. The Kier molecular flexibility index (Phi) is 4.91. The van der Waals surface area contributed by atoms with Crippen LogP contribution in [0.4, 0.5) is 4.39 Å². The van der Waals surface area contributed by atoms with Gasteiger partial charge in [-0.2, -0.15) is 0 Å². The summed E-state index contributed by atoms with van der Waals surface area (Å²) in [6.07, 6.45) is 1.96. The SMILES string of the molecule is CN1CCC(CNC(=O)CCc2ccccc2F)C1. The molecule has 19 heavy (non-hydrogen) atoms. The van der Waals surface area contributed by atoms with E-state index in [1.807, 2.05) is 0 Å². The highest BCUT2D eigenvalue weighted by Gasteiger charge is 2.19. The molecular weight excluding hydrogens is 243 g/mol. The Balaban J connectivity index is 1.69. The predicted molar refractivity (Wildman–Crippen MR) is 73.3 cm³/mol. The number of rotatable bonds is 5. The average Bonchev–Trinajstić information content (AvgIpc) is 2.81. The standard InChI is InChI=1S/C15H21FN2O/c1-18-9-8-12(11-18)10-17-15(19)7-6-13-4-2-3-5-14(13)16/h2-5,12H,6-11H2,1H3,(H,17,19). The van der Waals surface area contributed by atoms with Gasteiger partial charge < -0.3 is 10.2 Å². The second-order valence-electron chi connectivity index (χ2n) is 5.31. The smallest absolute Gasteiger partial charge is 0.220 e. The van der Waals surface area contributed by atoms with Gasteiger partial charge in [-0.15, -0.1) is 0 Å². The number of benzene rings is 1. The van der Waals surface area contributed by atoms with Gasteiger partial charge in [0.05, 0.1) is 0 Å². The summed E-state index contributed by atoms with van der Waals surface area (Å²) in [5, 5.41) is 2.95. The maximum absolute atomic E-state index is 13.4. The van der Waals surface area contributed by atoms with Crippen molar-refractivity contribution < 1.29 is 9.18 Å². The molecule has 0 radical (unpaired) electrons. The molecule has 0 spiro atoms. The molecule has 1 N–H and O–H groups in total. The zero-order valence-corrected chi connectivity index (χ0v) is 11.4. The van der Waals surface area contributed by atoms with Gasteiger partial charge in [0.15, 0.2) is 0 Å². The number of hydrogen-bond acceptors (Lipinski definition) is 2. The van der Waals surface area contributed by atoms with Crippen LogP contribution in [0.3, 0.4) is 0 Å². The molecule has 2 rings (SSSR count). The van der Waals surface area contributed by atoms with E-state index < -0.39 is 0 Å². The normalized spacial score (nSPS) is 19.6. The molecule has 1 atom stereocenters. The lowest BCUT2D eigenvalue weighted by atomic mass is 10.1. The molecule has 0 saturated carbocycles. The number of amides is 1. The molecule has 0 aliphatic carbocycles. The van der Waals surface area contributed by atoms with E-state index in [4.69, 9.17) is 0 Å². The largest absolute Gasteiger partial charge is 0.356 e. The minimum absolute atomic E-state index is 0.0119. The summed E-state index contributed by atoms with van der Waals surface area (Å²) in [7, 11) is 2.10. The fourth-order valence-electron chi connectivity index (χ4n) is 2.49. The first-order chi connectivity index (χ1) is 9.15. The lowest BCUT2D eigenvalue weighted by Gasteiger charge is -2.11. The fraction of sp³-hybridized carbons (Fsp3) is 0.533. The van der Waals surface area contributed by atoms with Crippen LogP contribution in [0.25, 0.3) is 0 Å². The number of carbonyl (C=O) groups excluding carboxylic acids is 1. The van der Waals surface area contributed by atoms with Crippen molar-refractivity contribution in [2.75, 3.05) is 26.7 Å². The van der Waals surface area contributed by atoms with Crippen LogP contribution in [0, 0.1) is 11.7 Å². The third-order valence-electron chi connectivity index (χ3n) is 3.66. The van der Waals surface area contributed by atoms with E-state index in [2.05, 4.69) is 17.3 Å². The van der Waals surface area contributed by atoms with Crippen molar-refractivity contribution in [2.24, 2.45) is 5.92 Å². The molecule has 3 nitrogen and oxygen atoms in total. The van der Waals surface area contributed by atoms with Crippen LogP contribution < -0.4 is 5.32 Å². The molecular formula is C15H21FN2O. The Morgan fingerprint density at radius 3 is 2.95 bits per heavy atom. The van der Waals surface area contributed by atoms with Crippen LogP contribution in [-0.4, -0.2) is 37.5 Å². The quantitative estimate of drug-likeness (QED) is 0.880. The number of likely N-dealkylation sites (tertiary alicyclic amines) is 1. The Morgan fingerprint density at radius 1 is 1.47 bits per heavy atom. The zero-order valence-electron chi connectivity index (χ0n) is 11.4. The molecule has 1 fully saturated rings. The second kappa shape index (κ2) is 6.66. The Bertz CT molecular complexity index is 436. The van der Waals surface area contributed by atoms with E-state index in [-0.39, 0.29) is 11.7 Å². The number of hydrogen-bond donors (Lipinski definition) is 1. The van der Waals surface area contributed by atoms with Gasteiger partial charge in [-0.1, -0.05) is 18.2 Å². The maximum Gasteiger partial charge on any atom is 0.220 e. The molecule has 4 heteroatoms. The van der Waals surface area contributed by atoms with Crippen LogP contribution in [0.15, 0.2) is 24.3 Å². The first-order valence-corrected chi connectivity index (χ1v) is 6.84. The topological polar surface area (TPSA) is 32.3 Å². The van der Waals surface area contributed by atoms with Crippen molar-refractivity contribution in [3.63, 3.8) is 0 Å². The third kappa shape index (κ3) is 4.31. The second-order valence-corrected chi connectivity index (χ2v) is 5.31. The van der Waals surface area contributed by atoms with Crippen molar-refractivity contribution in [2.45, 2.75) is 19.3 Å². The van der Waals surface area contributed by atoms with E-state index in [9.17, 15) is 9.18 Å². The van der Waals surface area contributed by atoms with Crippen LogP contribution in [0.5, 0.6) is 0 Å².